The maximum atomic E-state index is 4.62. The average Bonchev–Trinajstić information content (AvgIpc) is 2.87. The van der Waals surface area contributed by atoms with Gasteiger partial charge in [-0.1, -0.05) is 19.8 Å². The van der Waals surface area contributed by atoms with Gasteiger partial charge in [0.2, 0.25) is 0 Å². The Kier molecular flexibility index (Phi) is 5.76. The van der Waals surface area contributed by atoms with Crippen LogP contribution in [0.1, 0.15) is 50.9 Å². The lowest BCUT2D eigenvalue weighted by Crippen LogP contribution is -2.40. The summed E-state index contributed by atoms with van der Waals surface area (Å²) in [4.78, 5) is 0. The predicted molar refractivity (Wildman–Crippen MR) is 83.7 cm³/mol. The summed E-state index contributed by atoms with van der Waals surface area (Å²) < 4.78 is 2.14. The molecule has 1 aromatic heterocycles. The van der Waals surface area contributed by atoms with E-state index in [1.54, 1.807) is 0 Å². The quantitative estimate of drug-likeness (QED) is 0.868. The van der Waals surface area contributed by atoms with Gasteiger partial charge in [-0.25, -0.2) is 0 Å². The molecule has 0 saturated heterocycles. The van der Waals surface area contributed by atoms with Crippen molar-refractivity contribution in [2.75, 3.05) is 6.26 Å². The molecule has 1 aliphatic carbocycles. The maximum Gasteiger partial charge on any atom is 0.0625 e. The SMILES string of the molecule is CCc1cc(CNC2CCCCC2SC)n(CC)n1. The average molecular weight is 281 g/mol. The van der Waals surface area contributed by atoms with Crippen LogP contribution in [0.5, 0.6) is 0 Å². The minimum absolute atomic E-state index is 0.675. The minimum atomic E-state index is 0.675. The topological polar surface area (TPSA) is 29.9 Å². The third kappa shape index (κ3) is 3.76. The second-order valence-electron chi connectivity index (χ2n) is 5.34. The Hall–Kier alpha value is -0.480. The van der Waals surface area contributed by atoms with E-state index in [0.29, 0.717) is 6.04 Å². The van der Waals surface area contributed by atoms with Gasteiger partial charge in [0, 0.05) is 24.4 Å². The molecule has 1 aliphatic rings. The van der Waals surface area contributed by atoms with Crippen molar-refractivity contribution in [3.8, 4) is 0 Å². The Balaban J connectivity index is 1.95. The van der Waals surface area contributed by atoms with Crippen LogP contribution >= 0.6 is 11.8 Å². The highest BCUT2D eigenvalue weighted by Crippen LogP contribution is 2.27. The van der Waals surface area contributed by atoms with E-state index in [4.69, 9.17) is 0 Å². The van der Waals surface area contributed by atoms with Crippen LogP contribution in [-0.2, 0) is 19.5 Å². The fourth-order valence-corrected chi connectivity index (χ4v) is 3.92. The largest absolute Gasteiger partial charge is 0.307 e. The van der Waals surface area contributed by atoms with Gasteiger partial charge in [-0.05, 0) is 38.5 Å². The summed E-state index contributed by atoms with van der Waals surface area (Å²) in [7, 11) is 0. The van der Waals surface area contributed by atoms with Crippen LogP contribution in [0.4, 0.5) is 0 Å². The van der Waals surface area contributed by atoms with Crippen LogP contribution in [0.2, 0.25) is 0 Å². The molecule has 1 aromatic rings. The molecule has 1 fully saturated rings. The number of aryl methyl sites for hydroxylation is 2. The zero-order valence-corrected chi connectivity index (χ0v) is 13.3. The number of hydrogen-bond acceptors (Lipinski definition) is 3. The zero-order valence-electron chi connectivity index (χ0n) is 12.5. The van der Waals surface area contributed by atoms with Crippen LogP contribution in [0.3, 0.4) is 0 Å². The van der Waals surface area contributed by atoms with Crippen molar-refractivity contribution in [3.63, 3.8) is 0 Å². The maximum absolute atomic E-state index is 4.62. The lowest BCUT2D eigenvalue weighted by molar-refractivity contribution is 0.378. The van der Waals surface area contributed by atoms with Crippen molar-refractivity contribution >= 4 is 11.8 Å². The van der Waals surface area contributed by atoms with Gasteiger partial charge in [0.05, 0.1) is 11.4 Å². The van der Waals surface area contributed by atoms with Gasteiger partial charge in [0.15, 0.2) is 0 Å². The molecule has 1 heterocycles. The van der Waals surface area contributed by atoms with Crippen molar-refractivity contribution in [3.05, 3.63) is 17.5 Å². The molecule has 108 valence electrons. The van der Waals surface area contributed by atoms with Gasteiger partial charge in [-0.2, -0.15) is 16.9 Å². The summed E-state index contributed by atoms with van der Waals surface area (Å²) in [6, 6.07) is 2.93. The zero-order chi connectivity index (χ0) is 13.7. The highest BCUT2D eigenvalue weighted by molar-refractivity contribution is 7.99. The molecule has 4 heteroatoms. The van der Waals surface area contributed by atoms with E-state index in [9.17, 15) is 0 Å². The molecule has 0 bridgehead atoms. The van der Waals surface area contributed by atoms with E-state index in [-0.39, 0.29) is 0 Å². The Morgan fingerprint density at radius 1 is 1.37 bits per heavy atom. The molecule has 2 rings (SSSR count). The predicted octanol–water partition coefficient (Wildman–Crippen LogP) is 3.23. The molecule has 0 spiro atoms. The van der Waals surface area contributed by atoms with Gasteiger partial charge in [-0.3, -0.25) is 4.68 Å². The summed E-state index contributed by atoms with van der Waals surface area (Å²) >= 11 is 2.02. The van der Waals surface area contributed by atoms with E-state index in [1.807, 2.05) is 11.8 Å². The summed E-state index contributed by atoms with van der Waals surface area (Å²) in [5.74, 6) is 0. The van der Waals surface area contributed by atoms with Crippen molar-refractivity contribution < 1.29 is 0 Å². The lowest BCUT2D eigenvalue weighted by Gasteiger charge is -2.31. The summed E-state index contributed by atoms with van der Waals surface area (Å²) in [5.41, 5.74) is 2.55. The van der Waals surface area contributed by atoms with Gasteiger partial charge >= 0.3 is 0 Å². The molecule has 1 saturated carbocycles. The summed E-state index contributed by atoms with van der Waals surface area (Å²) in [6.45, 7) is 6.27. The third-order valence-electron chi connectivity index (χ3n) is 4.13. The molecule has 0 radical (unpaired) electrons. The number of rotatable bonds is 6. The number of hydrogen-bond donors (Lipinski definition) is 1. The molecular formula is C15H27N3S. The van der Waals surface area contributed by atoms with Gasteiger partial charge in [-0.15, -0.1) is 0 Å². The van der Waals surface area contributed by atoms with E-state index < -0.39 is 0 Å². The van der Waals surface area contributed by atoms with Crippen LogP contribution in [0.15, 0.2) is 6.07 Å². The molecule has 1 N–H and O–H groups in total. The Bertz CT molecular complexity index is 389. The highest BCUT2D eigenvalue weighted by atomic mass is 32.2. The second-order valence-corrected chi connectivity index (χ2v) is 6.42. The monoisotopic (exact) mass is 281 g/mol. The van der Waals surface area contributed by atoms with Crippen LogP contribution in [0, 0.1) is 0 Å². The number of aromatic nitrogens is 2. The van der Waals surface area contributed by atoms with Crippen molar-refractivity contribution in [2.45, 2.75) is 70.3 Å². The van der Waals surface area contributed by atoms with Crippen LogP contribution < -0.4 is 5.32 Å². The molecule has 2 unspecified atom stereocenters. The first-order chi connectivity index (χ1) is 9.28. The second kappa shape index (κ2) is 7.34. The van der Waals surface area contributed by atoms with E-state index in [1.165, 1.54) is 37.1 Å². The number of thioether (sulfide) groups is 1. The van der Waals surface area contributed by atoms with Gasteiger partial charge in [0.1, 0.15) is 0 Å². The molecular weight excluding hydrogens is 254 g/mol. The van der Waals surface area contributed by atoms with E-state index >= 15 is 0 Å². The fourth-order valence-electron chi connectivity index (χ4n) is 2.95. The van der Waals surface area contributed by atoms with Crippen LogP contribution in [0.25, 0.3) is 0 Å². The Morgan fingerprint density at radius 3 is 2.84 bits per heavy atom. The van der Waals surface area contributed by atoms with Crippen LogP contribution in [-0.4, -0.2) is 27.3 Å². The summed E-state index contributed by atoms with van der Waals surface area (Å²) in [6.07, 6.45) is 8.74. The van der Waals surface area contributed by atoms with Gasteiger partial charge in [0.25, 0.3) is 0 Å². The first-order valence-electron chi connectivity index (χ1n) is 7.60. The standard InChI is InChI=1S/C15H27N3S/c1-4-12-10-13(18(5-2)17-12)11-16-14-8-6-7-9-15(14)19-3/h10,14-16H,4-9,11H2,1-3H3. The minimum Gasteiger partial charge on any atom is -0.307 e. The Labute approximate surface area is 121 Å². The smallest absolute Gasteiger partial charge is 0.0625 e. The first kappa shape index (κ1) is 14.9. The molecule has 0 amide bonds. The van der Waals surface area contributed by atoms with E-state index in [2.05, 4.69) is 41.3 Å². The van der Waals surface area contributed by atoms with Crippen molar-refractivity contribution in [1.29, 1.82) is 0 Å². The fraction of sp³-hybridized carbons (Fsp3) is 0.800. The molecule has 2 atom stereocenters. The highest BCUT2D eigenvalue weighted by Gasteiger charge is 2.23. The molecule has 0 aliphatic heterocycles. The Morgan fingerprint density at radius 2 is 2.16 bits per heavy atom. The number of nitrogens with one attached hydrogen (secondary N) is 1. The van der Waals surface area contributed by atoms with Crippen molar-refractivity contribution in [1.82, 2.24) is 15.1 Å². The van der Waals surface area contributed by atoms with Gasteiger partial charge < -0.3 is 5.32 Å². The molecule has 0 aromatic carbocycles. The number of nitrogens with zero attached hydrogens (tertiary/aromatic N) is 2. The van der Waals surface area contributed by atoms with E-state index in [0.717, 1.165) is 24.8 Å². The normalized spacial score (nSPS) is 23.7. The summed E-state index contributed by atoms with van der Waals surface area (Å²) in [5, 5.41) is 9.18. The first-order valence-corrected chi connectivity index (χ1v) is 8.89. The van der Waals surface area contributed by atoms with Crippen molar-refractivity contribution in [2.24, 2.45) is 0 Å². The lowest BCUT2D eigenvalue weighted by atomic mass is 9.95. The third-order valence-corrected chi connectivity index (χ3v) is 5.30. The molecule has 19 heavy (non-hydrogen) atoms. The molecule has 3 nitrogen and oxygen atoms in total.